The smallest absolute Gasteiger partial charge is 0.374 e. The third-order valence-corrected chi connectivity index (χ3v) is 4.68. The number of ether oxygens (including phenoxy) is 1. The Labute approximate surface area is 125 Å². The molecule has 3 heterocycles. The standard InChI is InChI=1S/C16H24N2O3/c1-11-9-12(21-15(11)16(19)20-2)10-18-8-4-6-14(18)13-5-3-7-17-13/h9,13-14,17H,3-8,10H2,1-2H3. The number of hydrogen-bond donors (Lipinski definition) is 1. The molecule has 2 aliphatic heterocycles. The van der Waals surface area contributed by atoms with Crippen molar-refractivity contribution in [3.63, 3.8) is 0 Å². The largest absolute Gasteiger partial charge is 0.463 e. The minimum atomic E-state index is -0.394. The van der Waals surface area contributed by atoms with Gasteiger partial charge in [0.05, 0.1) is 13.7 Å². The Bertz CT molecular complexity index is 506. The van der Waals surface area contributed by atoms with Gasteiger partial charge in [-0.2, -0.15) is 0 Å². The number of furan rings is 1. The van der Waals surface area contributed by atoms with E-state index in [4.69, 9.17) is 9.15 Å². The SMILES string of the molecule is COC(=O)c1oc(CN2CCCC2C2CCCN2)cc1C. The van der Waals surface area contributed by atoms with Gasteiger partial charge < -0.3 is 14.5 Å². The van der Waals surface area contributed by atoms with Gasteiger partial charge in [-0.3, -0.25) is 4.90 Å². The lowest BCUT2D eigenvalue weighted by atomic mass is 10.0. The Morgan fingerprint density at radius 3 is 3.05 bits per heavy atom. The maximum atomic E-state index is 11.6. The molecule has 2 atom stereocenters. The Balaban J connectivity index is 1.69. The van der Waals surface area contributed by atoms with Crippen LogP contribution in [0.2, 0.25) is 0 Å². The van der Waals surface area contributed by atoms with E-state index in [1.165, 1.54) is 32.8 Å². The van der Waals surface area contributed by atoms with Crippen LogP contribution in [0.4, 0.5) is 0 Å². The number of nitrogens with one attached hydrogen (secondary N) is 1. The molecule has 1 N–H and O–H groups in total. The molecule has 21 heavy (non-hydrogen) atoms. The van der Waals surface area contributed by atoms with Gasteiger partial charge in [-0.25, -0.2) is 4.79 Å². The second-order valence-electron chi connectivity index (χ2n) is 6.10. The molecule has 0 amide bonds. The van der Waals surface area contributed by atoms with Crippen molar-refractivity contribution in [2.45, 2.75) is 51.2 Å². The van der Waals surface area contributed by atoms with Crippen LogP contribution in [0.25, 0.3) is 0 Å². The van der Waals surface area contributed by atoms with Gasteiger partial charge in [0.25, 0.3) is 0 Å². The molecule has 0 radical (unpaired) electrons. The van der Waals surface area contributed by atoms with E-state index in [-0.39, 0.29) is 0 Å². The van der Waals surface area contributed by atoms with Crippen molar-refractivity contribution in [3.8, 4) is 0 Å². The van der Waals surface area contributed by atoms with Crippen molar-refractivity contribution in [3.05, 3.63) is 23.2 Å². The van der Waals surface area contributed by atoms with E-state index in [1.807, 2.05) is 13.0 Å². The van der Waals surface area contributed by atoms with Crippen molar-refractivity contribution < 1.29 is 13.9 Å². The van der Waals surface area contributed by atoms with E-state index in [0.29, 0.717) is 17.8 Å². The lowest BCUT2D eigenvalue weighted by Crippen LogP contribution is -2.43. The fraction of sp³-hybridized carbons (Fsp3) is 0.688. The van der Waals surface area contributed by atoms with Gasteiger partial charge in [-0.15, -0.1) is 0 Å². The second kappa shape index (κ2) is 6.20. The highest BCUT2D eigenvalue weighted by Gasteiger charge is 2.33. The molecule has 0 aromatic carbocycles. The summed E-state index contributed by atoms with van der Waals surface area (Å²) in [5, 5.41) is 3.61. The van der Waals surface area contributed by atoms with E-state index in [2.05, 4.69) is 10.2 Å². The fourth-order valence-electron chi connectivity index (χ4n) is 3.67. The highest BCUT2D eigenvalue weighted by atomic mass is 16.5. The molecular weight excluding hydrogens is 268 g/mol. The first-order chi connectivity index (χ1) is 10.2. The Kier molecular flexibility index (Phi) is 4.31. The third-order valence-electron chi connectivity index (χ3n) is 4.68. The lowest BCUT2D eigenvalue weighted by Gasteiger charge is -2.28. The average Bonchev–Trinajstić information content (AvgIpc) is 3.18. The van der Waals surface area contributed by atoms with E-state index < -0.39 is 5.97 Å². The molecule has 3 rings (SSSR count). The number of nitrogens with zero attached hydrogens (tertiary/aromatic N) is 1. The zero-order valence-corrected chi connectivity index (χ0v) is 12.9. The summed E-state index contributed by atoms with van der Waals surface area (Å²) in [5.74, 6) is 0.800. The molecular formula is C16H24N2O3. The van der Waals surface area contributed by atoms with Gasteiger partial charge in [0.2, 0.25) is 5.76 Å². The molecule has 2 saturated heterocycles. The Morgan fingerprint density at radius 2 is 2.33 bits per heavy atom. The van der Waals surface area contributed by atoms with Crippen LogP contribution in [0, 0.1) is 6.92 Å². The molecule has 5 heteroatoms. The second-order valence-corrected chi connectivity index (χ2v) is 6.10. The molecule has 0 saturated carbocycles. The number of methoxy groups -OCH3 is 1. The molecule has 0 bridgehead atoms. The first-order valence-electron chi connectivity index (χ1n) is 7.84. The van der Waals surface area contributed by atoms with Crippen molar-refractivity contribution in [1.82, 2.24) is 10.2 Å². The predicted molar refractivity (Wildman–Crippen MR) is 79.2 cm³/mol. The zero-order chi connectivity index (χ0) is 14.8. The van der Waals surface area contributed by atoms with Gasteiger partial charge in [0.1, 0.15) is 5.76 Å². The van der Waals surface area contributed by atoms with E-state index in [9.17, 15) is 4.79 Å². The molecule has 2 fully saturated rings. The summed E-state index contributed by atoms with van der Waals surface area (Å²) in [5.41, 5.74) is 0.853. The fourth-order valence-corrected chi connectivity index (χ4v) is 3.67. The summed E-state index contributed by atoms with van der Waals surface area (Å²) < 4.78 is 10.4. The van der Waals surface area contributed by atoms with Crippen molar-refractivity contribution in [2.24, 2.45) is 0 Å². The molecule has 5 nitrogen and oxygen atoms in total. The van der Waals surface area contributed by atoms with E-state index >= 15 is 0 Å². The molecule has 2 aliphatic rings. The van der Waals surface area contributed by atoms with Gasteiger partial charge in [-0.1, -0.05) is 0 Å². The Morgan fingerprint density at radius 1 is 1.48 bits per heavy atom. The number of esters is 1. The Hall–Kier alpha value is -1.33. The van der Waals surface area contributed by atoms with Gasteiger partial charge in [0.15, 0.2) is 0 Å². The predicted octanol–water partition coefficient (Wildman–Crippen LogP) is 2.09. The van der Waals surface area contributed by atoms with Crippen molar-refractivity contribution >= 4 is 5.97 Å². The van der Waals surface area contributed by atoms with Crippen molar-refractivity contribution in [2.75, 3.05) is 20.2 Å². The number of carbonyl (C=O) groups excluding carboxylic acids is 1. The normalized spacial score (nSPS) is 26.4. The molecule has 0 aliphatic carbocycles. The van der Waals surface area contributed by atoms with Crippen LogP contribution in [-0.2, 0) is 11.3 Å². The average molecular weight is 292 g/mol. The van der Waals surface area contributed by atoms with E-state index in [1.54, 1.807) is 0 Å². The first-order valence-corrected chi connectivity index (χ1v) is 7.84. The van der Waals surface area contributed by atoms with Crippen LogP contribution in [0.5, 0.6) is 0 Å². The lowest BCUT2D eigenvalue weighted by molar-refractivity contribution is 0.0559. The molecule has 2 unspecified atom stereocenters. The molecule has 116 valence electrons. The van der Waals surface area contributed by atoms with Gasteiger partial charge in [0, 0.05) is 17.6 Å². The van der Waals surface area contributed by atoms with Crippen molar-refractivity contribution in [1.29, 1.82) is 0 Å². The van der Waals surface area contributed by atoms with Crippen LogP contribution >= 0.6 is 0 Å². The molecule has 0 spiro atoms. The summed E-state index contributed by atoms with van der Waals surface area (Å²) in [7, 11) is 1.38. The van der Waals surface area contributed by atoms with Crippen LogP contribution in [0.1, 0.15) is 47.6 Å². The summed E-state index contributed by atoms with van der Waals surface area (Å²) >= 11 is 0. The number of carbonyl (C=O) groups is 1. The van der Waals surface area contributed by atoms with Crippen LogP contribution in [-0.4, -0.2) is 43.2 Å². The quantitative estimate of drug-likeness (QED) is 0.861. The minimum absolute atomic E-state index is 0.335. The summed E-state index contributed by atoms with van der Waals surface area (Å²) in [4.78, 5) is 14.1. The van der Waals surface area contributed by atoms with Crippen LogP contribution in [0.3, 0.4) is 0 Å². The molecule has 1 aromatic heterocycles. The topological polar surface area (TPSA) is 54.7 Å². The maximum Gasteiger partial charge on any atom is 0.374 e. The molecule has 1 aromatic rings. The monoisotopic (exact) mass is 292 g/mol. The van der Waals surface area contributed by atoms with Gasteiger partial charge >= 0.3 is 5.97 Å². The summed E-state index contributed by atoms with van der Waals surface area (Å²) in [6, 6.07) is 3.17. The number of likely N-dealkylation sites (tertiary alicyclic amines) is 1. The summed E-state index contributed by atoms with van der Waals surface area (Å²) in [6.45, 7) is 4.91. The number of aryl methyl sites for hydroxylation is 1. The number of rotatable bonds is 4. The minimum Gasteiger partial charge on any atom is -0.463 e. The maximum absolute atomic E-state index is 11.6. The van der Waals surface area contributed by atoms with Gasteiger partial charge in [-0.05, 0) is 51.8 Å². The van der Waals surface area contributed by atoms with Crippen LogP contribution < -0.4 is 5.32 Å². The number of hydrogen-bond acceptors (Lipinski definition) is 5. The first kappa shape index (κ1) is 14.6. The third kappa shape index (κ3) is 2.99. The summed E-state index contributed by atoms with van der Waals surface area (Å²) in [6.07, 6.45) is 5.04. The van der Waals surface area contributed by atoms with Crippen LogP contribution in [0.15, 0.2) is 10.5 Å². The van der Waals surface area contributed by atoms with E-state index in [0.717, 1.165) is 31.0 Å². The highest BCUT2D eigenvalue weighted by Crippen LogP contribution is 2.27. The zero-order valence-electron chi connectivity index (χ0n) is 12.9. The highest BCUT2D eigenvalue weighted by molar-refractivity contribution is 5.87.